The number of anilines is 1. The van der Waals surface area contributed by atoms with E-state index in [1.807, 2.05) is 6.92 Å². The summed E-state index contributed by atoms with van der Waals surface area (Å²) in [6.45, 7) is 1.73. The lowest BCUT2D eigenvalue weighted by atomic mass is 10.3. The molecule has 0 heterocycles. The van der Waals surface area contributed by atoms with Gasteiger partial charge in [-0.05, 0) is 18.6 Å². The highest BCUT2D eigenvalue weighted by Crippen LogP contribution is 2.23. The monoisotopic (exact) mass is 321 g/mol. The maximum Gasteiger partial charge on any atom is 0.246 e. The van der Waals surface area contributed by atoms with Crippen LogP contribution in [-0.2, 0) is 14.8 Å². The van der Waals surface area contributed by atoms with Crippen molar-refractivity contribution in [2.45, 2.75) is 18.2 Å². The standard InChI is InChI=1S/C12H17F2N3O3S/c1-3-4-16-11(18)7-17(2)21(19,20)10-6-8(15)5-9(13)12(10)14/h5-6H,3-4,7,15H2,1-2H3,(H,16,18). The molecule has 3 N–H and O–H groups in total. The maximum atomic E-state index is 13.6. The summed E-state index contributed by atoms with van der Waals surface area (Å²) in [6.07, 6.45) is 0.692. The summed E-state index contributed by atoms with van der Waals surface area (Å²) in [6, 6.07) is 1.50. The van der Waals surface area contributed by atoms with Gasteiger partial charge in [-0.2, -0.15) is 4.31 Å². The van der Waals surface area contributed by atoms with Gasteiger partial charge < -0.3 is 11.1 Å². The molecule has 0 radical (unpaired) electrons. The van der Waals surface area contributed by atoms with E-state index < -0.39 is 39.0 Å². The van der Waals surface area contributed by atoms with Crippen LogP contribution in [0.3, 0.4) is 0 Å². The highest BCUT2D eigenvalue weighted by atomic mass is 32.2. The zero-order valence-electron chi connectivity index (χ0n) is 11.7. The Labute approximate surface area is 122 Å². The van der Waals surface area contributed by atoms with Crippen molar-refractivity contribution in [3.8, 4) is 0 Å². The van der Waals surface area contributed by atoms with Gasteiger partial charge in [0.2, 0.25) is 15.9 Å². The SMILES string of the molecule is CCCNC(=O)CN(C)S(=O)(=O)c1cc(N)cc(F)c1F. The van der Waals surface area contributed by atoms with Crippen molar-refractivity contribution in [2.75, 3.05) is 25.9 Å². The predicted molar refractivity (Wildman–Crippen MR) is 73.9 cm³/mol. The number of carbonyl (C=O) groups excluding carboxylic acids is 1. The molecule has 1 aromatic carbocycles. The molecule has 1 amide bonds. The summed E-state index contributed by atoms with van der Waals surface area (Å²) < 4.78 is 51.8. The Kier molecular flexibility index (Phi) is 5.62. The number of sulfonamides is 1. The highest BCUT2D eigenvalue weighted by molar-refractivity contribution is 7.89. The zero-order chi connectivity index (χ0) is 16.2. The Hall–Kier alpha value is -1.74. The molecule has 21 heavy (non-hydrogen) atoms. The molecule has 0 fully saturated rings. The lowest BCUT2D eigenvalue weighted by Gasteiger charge is -2.17. The molecule has 0 aromatic heterocycles. The third kappa shape index (κ3) is 4.11. The summed E-state index contributed by atoms with van der Waals surface area (Å²) in [7, 11) is -3.26. The first kappa shape index (κ1) is 17.3. The van der Waals surface area contributed by atoms with Crippen LogP contribution in [0.1, 0.15) is 13.3 Å². The number of benzene rings is 1. The molecular weight excluding hydrogens is 304 g/mol. The van der Waals surface area contributed by atoms with Gasteiger partial charge in [-0.25, -0.2) is 17.2 Å². The van der Waals surface area contributed by atoms with Crippen molar-refractivity contribution in [2.24, 2.45) is 0 Å². The van der Waals surface area contributed by atoms with Crippen LogP contribution in [0.15, 0.2) is 17.0 Å². The van der Waals surface area contributed by atoms with E-state index in [1.54, 1.807) is 0 Å². The van der Waals surface area contributed by atoms with Crippen molar-refractivity contribution in [1.29, 1.82) is 0 Å². The molecule has 0 spiro atoms. The van der Waals surface area contributed by atoms with Crippen LogP contribution in [0.4, 0.5) is 14.5 Å². The number of hydrogen-bond acceptors (Lipinski definition) is 4. The van der Waals surface area contributed by atoms with Gasteiger partial charge in [-0.3, -0.25) is 4.79 Å². The van der Waals surface area contributed by atoms with E-state index in [0.29, 0.717) is 23.3 Å². The van der Waals surface area contributed by atoms with Crippen molar-refractivity contribution in [3.63, 3.8) is 0 Å². The number of likely N-dealkylation sites (N-methyl/N-ethyl adjacent to an activating group) is 1. The quantitative estimate of drug-likeness (QED) is 0.754. The van der Waals surface area contributed by atoms with Gasteiger partial charge in [-0.15, -0.1) is 0 Å². The summed E-state index contributed by atoms with van der Waals surface area (Å²) in [5.74, 6) is -3.42. The van der Waals surface area contributed by atoms with Gasteiger partial charge >= 0.3 is 0 Å². The van der Waals surface area contributed by atoms with Gasteiger partial charge in [0.05, 0.1) is 6.54 Å². The first-order valence-corrected chi connectivity index (χ1v) is 7.61. The first-order valence-electron chi connectivity index (χ1n) is 6.17. The maximum absolute atomic E-state index is 13.6. The number of halogens is 2. The number of carbonyl (C=O) groups is 1. The molecular formula is C12H17F2N3O3S. The van der Waals surface area contributed by atoms with E-state index in [0.717, 1.165) is 13.1 Å². The Balaban J connectivity index is 3.03. The Morgan fingerprint density at radius 3 is 2.57 bits per heavy atom. The van der Waals surface area contributed by atoms with Gasteiger partial charge in [0.25, 0.3) is 0 Å². The molecule has 0 aliphatic carbocycles. The minimum absolute atomic E-state index is 0.226. The first-order chi connectivity index (χ1) is 9.70. The second-order valence-electron chi connectivity index (χ2n) is 4.43. The third-order valence-electron chi connectivity index (χ3n) is 2.64. The number of nitrogens with one attached hydrogen (secondary N) is 1. The van der Waals surface area contributed by atoms with Gasteiger partial charge in [-0.1, -0.05) is 6.92 Å². The minimum Gasteiger partial charge on any atom is -0.399 e. The molecule has 1 aromatic rings. The van der Waals surface area contributed by atoms with Crippen molar-refractivity contribution >= 4 is 21.6 Å². The topological polar surface area (TPSA) is 92.5 Å². The zero-order valence-corrected chi connectivity index (χ0v) is 12.5. The average molecular weight is 321 g/mol. The van der Waals surface area contributed by atoms with Gasteiger partial charge in [0.15, 0.2) is 11.6 Å². The molecule has 6 nitrogen and oxygen atoms in total. The number of nitrogens with zero attached hydrogens (tertiary/aromatic N) is 1. The molecule has 0 aliphatic rings. The van der Waals surface area contributed by atoms with E-state index in [2.05, 4.69) is 5.32 Å². The lowest BCUT2D eigenvalue weighted by Crippen LogP contribution is -2.38. The lowest BCUT2D eigenvalue weighted by molar-refractivity contribution is -0.121. The number of amides is 1. The second-order valence-corrected chi connectivity index (χ2v) is 6.44. The van der Waals surface area contributed by atoms with Crippen LogP contribution in [0.5, 0.6) is 0 Å². The molecule has 0 unspecified atom stereocenters. The highest BCUT2D eigenvalue weighted by Gasteiger charge is 2.28. The van der Waals surface area contributed by atoms with E-state index in [9.17, 15) is 22.0 Å². The van der Waals surface area contributed by atoms with E-state index >= 15 is 0 Å². The summed E-state index contributed by atoms with van der Waals surface area (Å²) in [4.78, 5) is 10.6. The van der Waals surface area contributed by atoms with Crippen LogP contribution in [0, 0.1) is 11.6 Å². The van der Waals surface area contributed by atoms with Gasteiger partial charge in [0.1, 0.15) is 4.90 Å². The fraction of sp³-hybridized carbons (Fsp3) is 0.417. The third-order valence-corrected chi connectivity index (χ3v) is 4.45. The molecule has 0 atom stereocenters. The second kappa shape index (κ2) is 6.81. The number of nitrogen functional groups attached to an aromatic ring is 1. The fourth-order valence-electron chi connectivity index (χ4n) is 1.55. The predicted octanol–water partition coefficient (Wildman–Crippen LogP) is 0.694. The van der Waals surface area contributed by atoms with E-state index in [1.165, 1.54) is 0 Å². The van der Waals surface area contributed by atoms with Crippen molar-refractivity contribution in [1.82, 2.24) is 9.62 Å². The smallest absolute Gasteiger partial charge is 0.246 e. The number of hydrogen-bond donors (Lipinski definition) is 2. The van der Waals surface area contributed by atoms with E-state index in [-0.39, 0.29) is 5.69 Å². The van der Waals surface area contributed by atoms with E-state index in [4.69, 9.17) is 5.73 Å². The molecule has 0 saturated carbocycles. The average Bonchev–Trinajstić information content (AvgIpc) is 2.40. The van der Waals surface area contributed by atoms with Crippen LogP contribution in [0.25, 0.3) is 0 Å². The van der Waals surface area contributed by atoms with Crippen LogP contribution in [-0.4, -0.2) is 38.8 Å². The normalized spacial score (nSPS) is 11.7. The Morgan fingerprint density at radius 1 is 1.38 bits per heavy atom. The van der Waals surface area contributed by atoms with Crippen LogP contribution >= 0.6 is 0 Å². The summed E-state index contributed by atoms with van der Waals surface area (Å²) in [5.41, 5.74) is 5.10. The number of nitrogens with two attached hydrogens (primary N) is 1. The summed E-state index contributed by atoms with van der Waals surface area (Å²) in [5, 5.41) is 2.49. The summed E-state index contributed by atoms with van der Waals surface area (Å²) >= 11 is 0. The largest absolute Gasteiger partial charge is 0.399 e. The molecule has 0 saturated heterocycles. The molecule has 118 valence electrons. The van der Waals surface area contributed by atoms with Gasteiger partial charge in [0, 0.05) is 19.3 Å². The molecule has 9 heteroatoms. The van der Waals surface area contributed by atoms with Crippen LogP contribution in [0.2, 0.25) is 0 Å². The Morgan fingerprint density at radius 2 is 2.00 bits per heavy atom. The fourth-order valence-corrected chi connectivity index (χ4v) is 2.78. The molecule has 1 rings (SSSR count). The minimum atomic E-state index is -4.36. The molecule has 0 bridgehead atoms. The van der Waals surface area contributed by atoms with Crippen LogP contribution < -0.4 is 11.1 Å². The molecule has 0 aliphatic heterocycles. The number of rotatable bonds is 6. The van der Waals surface area contributed by atoms with Crippen molar-refractivity contribution < 1.29 is 22.0 Å². The Bertz CT molecular complexity index is 635. The van der Waals surface area contributed by atoms with Crippen molar-refractivity contribution in [3.05, 3.63) is 23.8 Å².